The van der Waals surface area contributed by atoms with Crippen LogP contribution in [0.25, 0.3) is 16.6 Å². The van der Waals surface area contributed by atoms with Crippen molar-refractivity contribution in [3.8, 4) is 5.75 Å². The van der Waals surface area contributed by atoms with Gasteiger partial charge in [0.15, 0.2) is 5.83 Å². The first-order chi connectivity index (χ1) is 16.7. The number of aromatic nitrogens is 1. The number of allylic oxidation sites excluding steroid dienone is 7. The van der Waals surface area contributed by atoms with E-state index < -0.39 is 11.7 Å². The van der Waals surface area contributed by atoms with Gasteiger partial charge >= 0.3 is 0 Å². The van der Waals surface area contributed by atoms with Gasteiger partial charge in [0.1, 0.15) is 11.6 Å². The Morgan fingerprint density at radius 1 is 1.17 bits per heavy atom. The first-order valence-corrected chi connectivity index (χ1v) is 12.6. The molecule has 5 heteroatoms. The van der Waals surface area contributed by atoms with Crippen molar-refractivity contribution < 1.29 is 13.5 Å². The van der Waals surface area contributed by atoms with Gasteiger partial charge in [-0.2, -0.15) is 0 Å². The summed E-state index contributed by atoms with van der Waals surface area (Å²) in [6.45, 7) is 14.2. The van der Waals surface area contributed by atoms with Crippen molar-refractivity contribution in [2.24, 2.45) is 5.92 Å². The van der Waals surface area contributed by atoms with E-state index in [1.165, 1.54) is 11.8 Å². The number of benzene rings is 1. The van der Waals surface area contributed by atoms with E-state index in [2.05, 4.69) is 66.7 Å². The molecule has 2 aliphatic rings. The van der Waals surface area contributed by atoms with Crippen molar-refractivity contribution in [3.05, 3.63) is 83.6 Å². The molecule has 0 aliphatic heterocycles. The van der Waals surface area contributed by atoms with E-state index in [4.69, 9.17) is 4.74 Å². The molecule has 0 saturated carbocycles. The lowest BCUT2D eigenvalue weighted by Gasteiger charge is -2.21. The summed E-state index contributed by atoms with van der Waals surface area (Å²) in [4.78, 5) is 0. The highest BCUT2D eigenvalue weighted by Crippen LogP contribution is 2.38. The van der Waals surface area contributed by atoms with E-state index in [1.54, 1.807) is 0 Å². The van der Waals surface area contributed by atoms with Crippen LogP contribution in [0.5, 0.6) is 5.75 Å². The molecular weight excluding hydrogens is 442 g/mol. The van der Waals surface area contributed by atoms with Gasteiger partial charge in [-0.15, -0.1) is 0 Å². The maximum atomic E-state index is 13.8. The summed E-state index contributed by atoms with van der Waals surface area (Å²) in [5.41, 5.74) is 5.06. The predicted molar refractivity (Wildman–Crippen MR) is 142 cm³/mol. The van der Waals surface area contributed by atoms with Crippen molar-refractivity contribution in [1.29, 1.82) is 0 Å². The number of hydrogen-bond acceptors (Lipinski definition) is 2. The average Bonchev–Trinajstić information content (AvgIpc) is 3.13. The first kappa shape index (κ1) is 25.0. The molecule has 0 amide bonds. The van der Waals surface area contributed by atoms with E-state index >= 15 is 0 Å². The van der Waals surface area contributed by atoms with Gasteiger partial charge in [0.25, 0.3) is 0 Å². The van der Waals surface area contributed by atoms with Gasteiger partial charge < -0.3 is 14.6 Å². The normalized spacial score (nSPS) is 18.1. The smallest absolute Gasteiger partial charge is 0.154 e. The minimum Gasteiger partial charge on any atom is -0.491 e. The fourth-order valence-electron chi connectivity index (χ4n) is 4.98. The Bertz CT molecular complexity index is 1230. The maximum absolute atomic E-state index is 13.8. The summed E-state index contributed by atoms with van der Waals surface area (Å²) in [5, 5.41) is 4.53. The van der Waals surface area contributed by atoms with Gasteiger partial charge in [0.05, 0.1) is 11.6 Å². The number of ether oxygens (including phenoxy) is 1. The molecule has 186 valence electrons. The summed E-state index contributed by atoms with van der Waals surface area (Å²) in [7, 11) is 0. The Labute approximate surface area is 207 Å². The summed E-state index contributed by atoms with van der Waals surface area (Å²) in [6, 6.07) is 6.27. The van der Waals surface area contributed by atoms with Crippen LogP contribution in [0.1, 0.15) is 64.1 Å². The van der Waals surface area contributed by atoms with Crippen LogP contribution in [0.3, 0.4) is 0 Å². The second-order valence-corrected chi connectivity index (χ2v) is 10.1. The quantitative estimate of drug-likeness (QED) is 0.394. The highest BCUT2D eigenvalue weighted by atomic mass is 19.2. The lowest BCUT2D eigenvalue weighted by molar-refractivity contribution is 0.242. The Morgan fingerprint density at radius 2 is 1.97 bits per heavy atom. The van der Waals surface area contributed by atoms with Crippen molar-refractivity contribution in [3.63, 3.8) is 0 Å². The van der Waals surface area contributed by atoms with Crippen molar-refractivity contribution >= 4 is 16.6 Å². The minimum atomic E-state index is -0.759. The van der Waals surface area contributed by atoms with Crippen LogP contribution < -0.4 is 10.1 Å². The highest BCUT2D eigenvalue weighted by molar-refractivity contribution is 5.95. The molecule has 0 fully saturated rings. The Hall–Kier alpha value is -3.08. The van der Waals surface area contributed by atoms with Crippen LogP contribution in [-0.4, -0.2) is 17.2 Å². The second-order valence-electron chi connectivity index (χ2n) is 10.1. The van der Waals surface area contributed by atoms with Crippen LogP contribution in [0.4, 0.5) is 8.78 Å². The molecule has 0 bridgehead atoms. The number of nitrogens with one attached hydrogen (secondary N) is 1. The standard InChI is InChI=1S/C30H36F2N2O/c1-19(2)30-29(21(5)33-17-23-11-14-26(31)27(32)15-23)25-13-12-24(35-20(3)4)16-28(25)34(30)18-22-9-7-6-8-10-22/h6-9,12-13,15-16,19-20,22,33H,5,10-11,14,17-18H2,1-4H3. The van der Waals surface area contributed by atoms with Crippen molar-refractivity contribution in [2.45, 2.75) is 65.5 Å². The zero-order chi connectivity index (χ0) is 25.1. The van der Waals surface area contributed by atoms with Crippen LogP contribution in [-0.2, 0) is 6.54 Å². The maximum Gasteiger partial charge on any atom is 0.154 e. The van der Waals surface area contributed by atoms with Gasteiger partial charge in [-0.3, -0.25) is 0 Å². The molecule has 1 unspecified atom stereocenters. The molecule has 2 aliphatic carbocycles. The molecule has 1 atom stereocenters. The van der Waals surface area contributed by atoms with Crippen molar-refractivity contribution in [2.75, 3.05) is 6.54 Å². The number of rotatable bonds is 9. The van der Waals surface area contributed by atoms with Crippen LogP contribution in [0.2, 0.25) is 0 Å². The summed E-state index contributed by atoms with van der Waals surface area (Å²) in [5.74, 6) is 0.0994. The Balaban J connectivity index is 1.74. The number of fused-ring (bicyclic) bond motifs is 1. The number of halogens is 2. The summed E-state index contributed by atoms with van der Waals surface area (Å²) >= 11 is 0. The lowest BCUT2D eigenvalue weighted by Crippen LogP contribution is -2.18. The first-order valence-electron chi connectivity index (χ1n) is 12.6. The molecular formula is C30H36F2N2O. The fraction of sp³-hybridized carbons (Fsp3) is 0.400. The van der Waals surface area contributed by atoms with Crippen molar-refractivity contribution in [1.82, 2.24) is 9.88 Å². The molecule has 0 spiro atoms. The third-order valence-electron chi connectivity index (χ3n) is 6.57. The van der Waals surface area contributed by atoms with Gasteiger partial charge in [-0.05, 0) is 62.3 Å². The van der Waals surface area contributed by atoms with E-state index in [1.807, 2.05) is 19.9 Å². The zero-order valence-electron chi connectivity index (χ0n) is 21.2. The number of nitrogens with zero attached hydrogens (tertiary/aromatic N) is 1. The largest absolute Gasteiger partial charge is 0.491 e. The van der Waals surface area contributed by atoms with Crippen LogP contribution in [0.15, 0.2) is 72.4 Å². The molecule has 3 nitrogen and oxygen atoms in total. The molecule has 1 N–H and O–H groups in total. The molecule has 1 heterocycles. The average molecular weight is 479 g/mol. The molecule has 35 heavy (non-hydrogen) atoms. The van der Waals surface area contributed by atoms with Gasteiger partial charge in [0.2, 0.25) is 0 Å². The van der Waals surface area contributed by atoms with Gasteiger partial charge in [-0.25, -0.2) is 8.78 Å². The predicted octanol–water partition coefficient (Wildman–Crippen LogP) is 8.12. The van der Waals surface area contributed by atoms with E-state index in [9.17, 15) is 8.78 Å². The number of hydrogen-bond donors (Lipinski definition) is 1. The summed E-state index contributed by atoms with van der Waals surface area (Å²) < 4.78 is 35.6. The fourth-order valence-corrected chi connectivity index (χ4v) is 4.98. The Kier molecular flexibility index (Phi) is 7.63. The third kappa shape index (κ3) is 5.61. The zero-order valence-corrected chi connectivity index (χ0v) is 21.2. The second kappa shape index (κ2) is 10.7. The van der Waals surface area contributed by atoms with Crippen LogP contribution in [0, 0.1) is 5.92 Å². The third-order valence-corrected chi connectivity index (χ3v) is 6.57. The molecule has 2 aromatic rings. The summed E-state index contributed by atoms with van der Waals surface area (Å²) in [6.07, 6.45) is 11.7. The van der Waals surface area contributed by atoms with E-state index in [0.29, 0.717) is 18.9 Å². The minimum absolute atomic E-state index is 0.0889. The topological polar surface area (TPSA) is 26.2 Å². The molecule has 0 saturated heterocycles. The SMILES string of the molecule is C=C(NCC1=CC(F)=C(F)CC1)c1c(C(C)C)n(CC2C=CC=CC2)c2cc(OC(C)C)ccc12. The molecule has 1 aromatic heterocycles. The molecule has 1 aromatic carbocycles. The molecule has 0 radical (unpaired) electrons. The van der Waals surface area contributed by atoms with Gasteiger partial charge in [-0.1, -0.05) is 44.7 Å². The van der Waals surface area contributed by atoms with Gasteiger partial charge in [0, 0.05) is 47.9 Å². The monoisotopic (exact) mass is 478 g/mol. The highest BCUT2D eigenvalue weighted by Gasteiger charge is 2.24. The lowest BCUT2D eigenvalue weighted by atomic mass is 9.98. The molecule has 4 rings (SSSR count). The Morgan fingerprint density at radius 3 is 2.63 bits per heavy atom. The van der Waals surface area contributed by atoms with E-state index in [0.717, 1.165) is 46.5 Å². The van der Waals surface area contributed by atoms with Crippen LogP contribution >= 0.6 is 0 Å². The van der Waals surface area contributed by atoms with E-state index in [-0.39, 0.29) is 18.4 Å².